The van der Waals surface area contributed by atoms with Gasteiger partial charge in [0.25, 0.3) is 0 Å². The van der Waals surface area contributed by atoms with E-state index in [0.29, 0.717) is 47.5 Å². The summed E-state index contributed by atoms with van der Waals surface area (Å²) in [5.74, 6) is 1.53. The normalized spacial score (nSPS) is 19.0. The molecule has 0 aliphatic carbocycles. The lowest BCUT2D eigenvalue weighted by Gasteiger charge is -2.31. The lowest BCUT2D eigenvalue weighted by Crippen LogP contribution is -2.40. The van der Waals surface area contributed by atoms with Gasteiger partial charge in [0.05, 0.1) is 4.90 Å². The lowest BCUT2D eigenvalue weighted by molar-refractivity contribution is 0.174. The summed E-state index contributed by atoms with van der Waals surface area (Å²) in [5.41, 5.74) is 6.34. The number of aryl methyl sites for hydroxylation is 1. The predicted octanol–water partition coefficient (Wildman–Crippen LogP) is 1.50. The molecule has 1 aromatic rings. The van der Waals surface area contributed by atoms with Gasteiger partial charge in [0.1, 0.15) is 0 Å². The molecule has 1 saturated heterocycles. The van der Waals surface area contributed by atoms with Crippen molar-refractivity contribution in [2.45, 2.75) is 24.7 Å². The summed E-state index contributed by atoms with van der Waals surface area (Å²) in [6.45, 7) is 3.59. The molecule has 0 bridgehead atoms. The van der Waals surface area contributed by atoms with E-state index < -0.39 is 10.0 Å². The van der Waals surface area contributed by atoms with E-state index in [0.717, 1.165) is 12.8 Å². The summed E-state index contributed by atoms with van der Waals surface area (Å²) in [6, 6.07) is 3.30. The Morgan fingerprint density at radius 2 is 1.82 bits per heavy atom. The van der Waals surface area contributed by atoms with Gasteiger partial charge in [-0.1, -0.05) is 0 Å². The summed E-state index contributed by atoms with van der Waals surface area (Å²) in [7, 11) is -3.49. The molecule has 2 aliphatic rings. The SMILES string of the molecule is Cc1cc2c(cc1S(=O)(=O)N1CCC(CN)CC1)OCO2.Cl. The van der Waals surface area contributed by atoms with Gasteiger partial charge in [-0.25, -0.2) is 8.42 Å². The summed E-state index contributed by atoms with van der Waals surface area (Å²) in [5, 5.41) is 0. The first kappa shape index (κ1) is 17.3. The molecule has 0 radical (unpaired) electrons. The Kier molecular flexibility index (Phi) is 5.21. The molecule has 8 heteroatoms. The zero-order valence-corrected chi connectivity index (χ0v) is 14.1. The van der Waals surface area contributed by atoms with Crippen LogP contribution in [0.4, 0.5) is 0 Å². The van der Waals surface area contributed by atoms with Crippen LogP contribution < -0.4 is 15.2 Å². The van der Waals surface area contributed by atoms with Crippen LogP contribution in [0.5, 0.6) is 11.5 Å². The second kappa shape index (κ2) is 6.62. The van der Waals surface area contributed by atoms with Gasteiger partial charge in [-0.05, 0) is 43.9 Å². The molecule has 6 nitrogen and oxygen atoms in total. The Labute approximate surface area is 137 Å². The van der Waals surface area contributed by atoms with Gasteiger partial charge in [0.15, 0.2) is 11.5 Å². The molecule has 3 rings (SSSR count). The maximum absolute atomic E-state index is 12.8. The van der Waals surface area contributed by atoms with Gasteiger partial charge in [-0.15, -0.1) is 12.4 Å². The van der Waals surface area contributed by atoms with Gasteiger partial charge >= 0.3 is 0 Å². The number of ether oxygens (including phenoxy) is 2. The van der Waals surface area contributed by atoms with Crippen LogP contribution in [-0.2, 0) is 10.0 Å². The van der Waals surface area contributed by atoms with Crippen LogP contribution in [-0.4, -0.2) is 39.2 Å². The van der Waals surface area contributed by atoms with E-state index in [4.69, 9.17) is 15.2 Å². The van der Waals surface area contributed by atoms with Crippen molar-refractivity contribution in [1.82, 2.24) is 4.31 Å². The molecule has 0 aromatic heterocycles. The zero-order chi connectivity index (χ0) is 15.0. The second-order valence-electron chi connectivity index (χ2n) is 5.55. The molecule has 22 heavy (non-hydrogen) atoms. The van der Waals surface area contributed by atoms with E-state index in [9.17, 15) is 8.42 Å². The Balaban J connectivity index is 0.00000176. The molecule has 2 N–H and O–H groups in total. The van der Waals surface area contributed by atoms with E-state index in [1.165, 1.54) is 0 Å². The van der Waals surface area contributed by atoms with E-state index in [1.807, 2.05) is 0 Å². The van der Waals surface area contributed by atoms with Crippen LogP contribution in [0.3, 0.4) is 0 Å². The molecule has 0 saturated carbocycles. The average molecular weight is 349 g/mol. The highest BCUT2D eigenvalue weighted by Crippen LogP contribution is 2.37. The zero-order valence-electron chi connectivity index (χ0n) is 12.4. The molecule has 2 aliphatic heterocycles. The van der Waals surface area contributed by atoms with Crippen LogP contribution in [0.2, 0.25) is 0 Å². The van der Waals surface area contributed by atoms with E-state index >= 15 is 0 Å². The number of fused-ring (bicyclic) bond motifs is 1. The standard InChI is InChI=1S/C14H20N2O4S.ClH/c1-10-6-12-13(20-9-19-12)7-14(10)21(17,18)16-4-2-11(8-15)3-5-16;/h6-7,11H,2-5,8-9,15H2,1H3;1H. The first-order valence-corrected chi connectivity index (χ1v) is 8.57. The van der Waals surface area contributed by atoms with Crippen LogP contribution >= 0.6 is 12.4 Å². The quantitative estimate of drug-likeness (QED) is 0.895. The molecule has 2 heterocycles. The third-order valence-electron chi connectivity index (χ3n) is 4.19. The number of halogens is 1. The van der Waals surface area contributed by atoms with Crippen molar-refractivity contribution in [2.75, 3.05) is 26.4 Å². The monoisotopic (exact) mass is 348 g/mol. The van der Waals surface area contributed by atoms with Gasteiger partial charge in [0, 0.05) is 19.2 Å². The molecule has 0 amide bonds. The van der Waals surface area contributed by atoms with Crippen LogP contribution in [0.15, 0.2) is 17.0 Å². The number of rotatable bonds is 3. The molecule has 124 valence electrons. The fourth-order valence-electron chi connectivity index (χ4n) is 2.83. The maximum atomic E-state index is 12.8. The summed E-state index contributed by atoms with van der Waals surface area (Å²) < 4.78 is 37.7. The highest BCUT2D eigenvalue weighted by Gasteiger charge is 2.31. The van der Waals surface area contributed by atoms with Gasteiger partial charge in [-0.3, -0.25) is 0 Å². The van der Waals surface area contributed by atoms with Crippen LogP contribution in [0.25, 0.3) is 0 Å². The Bertz CT molecular complexity index is 642. The van der Waals surface area contributed by atoms with Crippen molar-refractivity contribution in [3.63, 3.8) is 0 Å². The van der Waals surface area contributed by atoms with Crippen molar-refractivity contribution in [1.29, 1.82) is 0 Å². The number of nitrogens with zero attached hydrogens (tertiary/aromatic N) is 1. The van der Waals surface area contributed by atoms with E-state index in [1.54, 1.807) is 23.4 Å². The first-order valence-electron chi connectivity index (χ1n) is 7.13. The molecule has 0 atom stereocenters. The van der Waals surface area contributed by atoms with E-state index in [2.05, 4.69) is 0 Å². The van der Waals surface area contributed by atoms with Crippen LogP contribution in [0.1, 0.15) is 18.4 Å². The van der Waals surface area contributed by atoms with Crippen molar-refractivity contribution in [3.05, 3.63) is 17.7 Å². The summed E-state index contributed by atoms with van der Waals surface area (Å²) in [6.07, 6.45) is 1.64. The number of hydrogen-bond acceptors (Lipinski definition) is 5. The molecular formula is C14H21ClN2O4S. The van der Waals surface area contributed by atoms with Crippen molar-refractivity contribution in [2.24, 2.45) is 11.7 Å². The number of benzene rings is 1. The number of nitrogens with two attached hydrogens (primary N) is 1. The van der Waals surface area contributed by atoms with Gasteiger partial charge in [0.2, 0.25) is 16.8 Å². The minimum Gasteiger partial charge on any atom is -0.454 e. The highest BCUT2D eigenvalue weighted by molar-refractivity contribution is 7.89. The summed E-state index contributed by atoms with van der Waals surface area (Å²) >= 11 is 0. The number of sulfonamides is 1. The largest absolute Gasteiger partial charge is 0.454 e. The minimum atomic E-state index is -3.49. The second-order valence-corrected chi connectivity index (χ2v) is 7.46. The Morgan fingerprint density at radius 1 is 1.23 bits per heavy atom. The Morgan fingerprint density at radius 3 is 2.41 bits per heavy atom. The third kappa shape index (κ3) is 3.03. The smallest absolute Gasteiger partial charge is 0.243 e. The average Bonchev–Trinajstić information content (AvgIpc) is 2.93. The highest BCUT2D eigenvalue weighted by atomic mass is 35.5. The molecule has 1 fully saturated rings. The summed E-state index contributed by atoms with van der Waals surface area (Å²) in [4.78, 5) is 0.304. The molecule has 0 spiro atoms. The number of hydrogen-bond donors (Lipinski definition) is 1. The van der Waals surface area contributed by atoms with E-state index in [-0.39, 0.29) is 19.2 Å². The number of piperidine rings is 1. The fourth-order valence-corrected chi connectivity index (χ4v) is 4.52. The van der Waals surface area contributed by atoms with Gasteiger partial charge in [-0.2, -0.15) is 4.31 Å². The topological polar surface area (TPSA) is 81.9 Å². The molecule has 0 unspecified atom stereocenters. The molecular weight excluding hydrogens is 328 g/mol. The van der Waals surface area contributed by atoms with Crippen molar-refractivity contribution < 1.29 is 17.9 Å². The predicted molar refractivity (Wildman–Crippen MR) is 85.1 cm³/mol. The van der Waals surface area contributed by atoms with Gasteiger partial charge < -0.3 is 15.2 Å². The lowest BCUT2D eigenvalue weighted by atomic mass is 9.99. The maximum Gasteiger partial charge on any atom is 0.243 e. The van der Waals surface area contributed by atoms with Crippen molar-refractivity contribution >= 4 is 22.4 Å². The first-order chi connectivity index (χ1) is 10.0. The minimum absolute atomic E-state index is 0. The Hall–Kier alpha value is -1.02. The fraction of sp³-hybridized carbons (Fsp3) is 0.571. The van der Waals surface area contributed by atoms with Crippen molar-refractivity contribution in [3.8, 4) is 11.5 Å². The molecule has 1 aromatic carbocycles. The third-order valence-corrected chi connectivity index (χ3v) is 6.24. The van der Waals surface area contributed by atoms with Crippen LogP contribution in [0, 0.1) is 12.8 Å².